The standard InChI is InChI=1S/C22H24N8O/c1-2-29-15-19(21(28-29)16-4-3-8-23-12-16)20-5-9-24-22(27-20)26-17-13-25-30(14-17)18-6-10-31-11-7-18/h3-5,8-9,12-15,18H,2,6-7,10-11H2,1H3,(H,24,26,27). The fourth-order valence-corrected chi connectivity index (χ4v) is 3.74. The molecule has 0 saturated carbocycles. The average molecular weight is 416 g/mol. The first kappa shape index (κ1) is 19.4. The van der Waals surface area contributed by atoms with Gasteiger partial charge in [0.15, 0.2) is 0 Å². The topological polar surface area (TPSA) is 95.6 Å². The summed E-state index contributed by atoms with van der Waals surface area (Å²) in [7, 11) is 0. The summed E-state index contributed by atoms with van der Waals surface area (Å²) in [4.78, 5) is 13.4. The van der Waals surface area contributed by atoms with Crippen LogP contribution in [0.3, 0.4) is 0 Å². The summed E-state index contributed by atoms with van der Waals surface area (Å²) in [6, 6.07) is 6.18. The second-order valence-electron chi connectivity index (χ2n) is 7.43. The van der Waals surface area contributed by atoms with Gasteiger partial charge in [0, 0.05) is 61.9 Å². The van der Waals surface area contributed by atoms with E-state index < -0.39 is 0 Å². The number of hydrogen-bond donors (Lipinski definition) is 1. The van der Waals surface area contributed by atoms with E-state index in [1.807, 2.05) is 52.4 Å². The molecular weight excluding hydrogens is 392 g/mol. The molecule has 1 aliphatic rings. The van der Waals surface area contributed by atoms with Crippen molar-refractivity contribution in [2.45, 2.75) is 32.4 Å². The molecule has 1 N–H and O–H groups in total. The molecule has 4 aromatic rings. The van der Waals surface area contributed by atoms with Crippen molar-refractivity contribution in [3.8, 4) is 22.5 Å². The monoisotopic (exact) mass is 416 g/mol. The van der Waals surface area contributed by atoms with E-state index in [4.69, 9.17) is 14.8 Å². The minimum atomic E-state index is 0.374. The first-order chi connectivity index (χ1) is 15.3. The highest BCUT2D eigenvalue weighted by Gasteiger charge is 2.17. The number of hydrogen-bond acceptors (Lipinski definition) is 7. The third kappa shape index (κ3) is 4.17. The lowest BCUT2D eigenvalue weighted by molar-refractivity contribution is 0.0662. The van der Waals surface area contributed by atoms with E-state index in [2.05, 4.69) is 27.3 Å². The van der Waals surface area contributed by atoms with Crippen LogP contribution in [-0.2, 0) is 11.3 Å². The Bertz CT molecular complexity index is 1150. The van der Waals surface area contributed by atoms with Gasteiger partial charge in [-0.05, 0) is 38.0 Å². The van der Waals surface area contributed by atoms with Crippen molar-refractivity contribution in [1.82, 2.24) is 34.5 Å². The van der Waals surface area contributed by atoms with Gasteiger partial charge in [-0.1, -0.05) is 0 Å². The van der Waals surface area contributed by atoms with Crippen LogP contribution in [0.4, 0.5) is 11.6 Å². The summed E-state index contributed by atoms with van der Waals surface area (Å²) in [5.74, 6) is 0.519. The molecule has 0 radical (unpaired) electrons. The van der Waals surface area contributed by atoms with E-state index in [1.165, 1.54) is 0 Å². The highest BCUT2D eigenvalue weighted by atomic mass is 16.5. The Labute approximate surface area is 180 Å². The summed E-state index contributed by atoms with van der Waals surface area (Å²) in [5, 5.41) is 12.5. The molecule has 5 heterocycles. The minimum Gasteiger partial charge on any atom is -0.381 e. The van der Waals surface area contributed by atoms with Gasteiger partial charge in [-0.2, -0.15) is 10.2 Å². The fourth-order valence-electron chi connectivity index (χ4n) is 3.74. The molecule has 0 atom stereocenters. The molecule has 158 valence electrons. The maximum absolute atomic E-state index is 5.44. The van der Waals surface area contributed by atoms with Crippen LogP contribution >= 0.6 is 0 Å². The van der Waals surface area contributed by atoms with Crippen LogP contribution in [0.5, 0.6) is 0 Å². The van der Waals surface area contributed by atoms with Gasteiger partial charge in [0.2, 0.25) is 5.95 Å². The molecule has 0 bridgehead atoms. The molecule has 1 fully saturated rings. The predicted molar refractivity (Wildman–Crippen MR) is 117 cm³/mol. The zero-order valence-corrected chi connectivity index (χ0v) is 17.3. The Balaban J connectivity index is 1.41. The van der Waals surface area contributed by atoms with Crippen molar-refractivity contribution in [1.29, 1.82) is 0 Å². The second-order valence-corrected chi connectivity index (χ2v) is 7.43. The van der Waals surface area contributed by atoms with Crippen molar-refractivity contribution in [3.63, 3.8) is 0 Å². The predicted octanol–water partition coefficient (Wildman–Crippen LogP) is 3.71. The van der Waals surface area contributed by atoms with Crippen molar-refractivity contribution in [2.75, 3.05) is 18.5 Å². The van der Waals surface area contributed by atoms with E-state index in [0.29, 0.717) is 12.0 Å². The number of pyridine rings is 1. The number of aryl methyl sites for hydroxylation is 1. The smallest absolute Gasteiger partial charge is 0.227 e. The Morgan fingerprint density at radius 3 is 2.84 bits per heavy atom. The van der Waals surface area contributed by atoms with Gasteiger partial charge in [0.1, 0.15) is 5.69 Å². The van der Waals surface area contributed by atoms with Crippen molar-refractivity contribution >= 4 is 11.6 Å². The normalized spacial score (nSPS) is 14.6. The largest absolute Gasteiger partial charge is 0.381 e. The van der Waals surface area contributed by atoms with Crippen molar-refractivity contribution in [3.05, 3.63) is 55.4 Å². The summed E-state index contributed by atoms with van der Waals surface area (Å²) in [6.07, 6.45) is 13.1. The van der Waals surface area contributed by atoms with Gasteiger partial charge in [0.25, 0.3) is 0 Å². The lowest BCUT2D eigenvalue weighted by atomic mass is 10.1. The highest BCUT2D eigenvalue weighted by Crippen LogP contribution is 2.30. The highest BCUT2D eigenvalue weighted by molar-refractivity contribution is 5.78. The van der Waals surface area contributed by atoms with Crippen LogP contribution in [0.25, 0.3) is 22.5 Å². The van der Waals surface area contributed by atoms with E-state index >= 15 is 0 Å². The number of aromatic nitrogens is 7. The summed E-state index contributed by atoms with van der Waals surface area (Å²) >= 11 is 0. The number of anilines is 2. The number of nitrogens with zero attached hydrogens (tertiary/aromatic N) is 7. The first-order valence-corrected chi connectivity index (χ1v) is 10.5. The average Bonchev–Trinajstić information content (AvgIpc) is 3.48. The summed E-state index contributed by atoms with van der Waals surface area (Å²) < 4.78 is 9.35. The molecule has 0 aromatic carbocycles. The Hall–Kier alpha value is -3.59. The second kappa shape index (κ2) is 8.65. The fraction of sp³-hybridized carbons (Fsp3) is 0.318. The molecule has 31 heavy (non-hydrogen) atoms. The van der Waals surface area contributed by atoms with Crippen LogP contribution in [0.1, 0.15) is 25.8 Å². The first-order valence-electron chi connectivity index (χ1n) is 10.5. The zero-order chi connectivity index (χ0) is 21.0. The van der Waals surface area contributed by atoms with Crippen LogP contribution < -0.4 is 5.32 Å². The molecule has 4 aromatic heterocycles. The van der Waals surface area contributed by atoms with Crippen molar-refractivity contribution in [2.24, 2.45) is 0 Å². The van der Waals surface area contributed by atoms with E-state index in [9.17, 15) is 0 Å². The number of nitrogens with one attached hydrogen (secondary N) is 1. The van der Waals surface area contributed by atoms with E-state index in [0.717, 1.165) is 60.8 Å². The molecule has 1 saturated heterocycles. The maximum atomic E-state index is 5.44. The third-order valence-corrected chi connectivity index (χ3v) is 5.37. The Morgan fingerprint density at radius 2 is 2.03 bits per heavy atom. The van der Waals surface area contributed by atoms with Gasteiger partial charge in [-0.25, -0.2) is 9.97 Å². The molecule has 0 unspecified atom stereocenters. The van der Waals surface area contributed by atoms with Crippen molar-refractivity contribution < 1.29 is 4.74 Å². The lowest BCUT2D eigenvalue weighted by Gasteiger charge is -2.22. The summed E-state index contributed by atoms with van der Waals surface area (Å²) in [6.45, 7) is 4.40. The van der Waals surface area contributed by atoms with E-state index in [1.54, 1.807) is 12.4 Å². The molecular formula is C22H24N8O. The van der Waals surface area contributed by atoms with Gasteiger partial charge >= 0.3 is 0 Å². The molecule has 9 heteroatoms. The number of ether oxygens (including phenoxy) is 1. The molecule has 0 aliphatic carbocycles. The minimum absolute atomic E-state index is 0.374. The van der Waals surface area contributed by atoms with Gasteiger partial charge in [-0.15, -0.1) is 0 Å². The zero-order valence-electron chi connectivity index (χ0n) is 17.3. The molecule has 9 nitrogen and oxygen atoms in total. The van der Waals surface area contributed by atoms with Crippen LogP contribution in [0, 0.1) is 0 Å². The van der Waals surface area contributed by atoms with Crippen LogP contribution in [0.2, 0.25) is 0 Å². The SMILES string of the molecule is CCn1cc(-c2ccnc(Nc3cnn(C4CCOCC4)c3)n2)c(-c2cccnc2)n1. The third-order valence-electron chi connectivity index (χ3n) is 5.37. The summed E-state index contributed by atoms with van der Waals surface area (Å²) in [5.41, 5.74) is 4.41. The number of rotatable bonds is 6. The Kier molecular flexibility index (Phi) is 5.40. The van der Waals surface area contributed by atoms with E-state index in [-0.39, 0.29) is 0 Å². The molecule has 5 rings (SSSR count). The Morgan fingerprint density at radius 1 is 1.13 bits per heavy atom. The molecule has 0 amide bonds. The quantitative estimate of drug-likeness (QED) is 0.512. The molecule has 1 aliphatic heterocycles. The lowest BCUT2D eigenvalue weighted by Crippen LogP contribution is -2.19. The maximum Gasteiger partial charge on any atom is 0.227 e. The van der Waals surface area contributed by atoms with Gasteiger partial charge < -0.3 is 10.1 Å². The van der Waals surface area contributed by atoms with Crippen LogP contribution in [0.15, 0.2) is 55.4 Å². The molecule has 0 spiro atoms. The van der Waals surface area contributed by atoms with Gasteiger partial charge in [-0.3, -0.25) is 14.3 Å². The van der Waals surface area contributed by atoms with Crippen LogP contribution in [-0.4, -0.2) is 47.7 Å². The van der Waals surface area contributed by atoms with Gasteiger partial charge in [0.05, 0.1) is 23.6 Å².